The molecule has 130 valence electrons. The molecular formula is C19H20BrN3OS. The van der Waals surface area contributed by atoms with Gasteiger partial charge in [0.1, 0.15) is 11.6 Å². The fourth-order valence-electron chi connectivity index (χ4n) is 2.60. The van der Waals surface area contributed by atoms with Crippen LogP contribution >= 0.6 is 27.7 Å². The molecule has 0 aliphatic rings. The second-order valence-corrected chi connectivity index (χ2v) is 7.36. The topological polar surface area (TPSA) is 39.9 Å². The highest BCUT2D eigenvalue weighted by molar-refractivity contribution is 9.10. The third kappa shape index (κ3) is 4.44. The Morgan fingerprint density at radius 3 is 2.56 bits per heavy atom. The number of methoxy groups -OCH3 is 1. The summed E-state index contributed by atoms with van der Waals surface area (Å²) in [4.78, 5) is 0. The molecule has 0 atom stereocenters. The molecule has 0 aliphatic heterocycles. The van der Waals surface area contributed by atoms with E-state index >= 15 is 0 Å². The van der Waals surface area contributed by atoms with Crippen LogP contribution in [0, 0.1) is 0 Å². The minimum Gasteiger partial charge on any atom is -0.496 e. The van der Waals surface area contributed by atoms with Gasteiger partial charge in [-0.05, 0) is 46.1 Å². The molecule has 0 saturated carbocycles. The Labute approximate surface area is 160 Å². The van der Waals surface area contributed by atoms with Gasteiger partial charge in [-0.1, -0.05) is 48.2 Å². The Hall–Kier alpha value is -1.79. The summed E-state index contributed by atoms with van der Waals surface area (Å²) in [5, 5.41) is 9.75. The van der Waals surface area contributed by atoms with Gasteiger partial charge >= 0.3 is 0 Å². The van der Waals surface area contributed by atoms with Crippen LogP contribution in [0.1, 0.15) is 23.9 Å². The summed E-state index contributed by atoms with van der Waals surface area (Å²) in [5.74, 6) is 2.69. The van der Waals surface area contributed by atoms with E-state index in [1.165, 1.54) is 11.1 Å². The van der Waals surface area contributed by atoms with E-state index in [0.29, 0.717) is 0 Å². The van der Waals surface area contributed by atoms with Crippen LogP contribution in [-0.4, -0.2) is 21.9 Å². The first kappa shape index (κ1) is 18.0. The van der Waals surface area contributed by atoms with Crippen molar-refractivity contribution in [3.05, 3.63) is 70.0 Å². The maximum Gasteiger partial charge on any atom is 0.191 e. The number of benzene rings is 2. The standard InChI is InChI=1S/C19H20BrN3OS/c1-3-23-18(12-14-7-5-4-6-8-14)21-22-19(23)25-13-15-9-10-17(24-2)16(20)11-15/h4-11H,3,12-13H2,1-2H3. The maximum atomic E-state index is 5.28. The highest BCUT2D eigenvalue weighted by atomic mass is 79.9. The first-order valence-corrected chi connectivity index (χ1v) is 9.90. The van der Waals surface area contributed by atoms with Gasteiger partial charge in [0.15, 0.2) is 5.16 Å². The molecule has 1 heterocycles. The molecular weight excluding hydrogens is 398 g/mol. The summed E-state index contributed by atoms with van der Waals surface area (Å²) in [6.45, 7) is 3.00. The lowest BCUT2D eigenvalue weighted by molar-refractivity contribution is 0.412. The third-order valence-electron chi connectivity index (χ3n) is 3.90. The van der Waals surface area contributed by atoms with E-state index in [2.05, 4.69) is 74.0 Å². The summed E-state index contributed by atoms with van der Waals surface area (Å²) in [6.07, 6.45) is 0.802. The zero-order valence-corrected chi connectivity index (χ0v) is 16.7. The van der Waals surface area contributed by atoms with Gasteiger partial charge < -0.3 is 9.30 Å². The van der Waals surface area contributed by atoms with E-state index in [1.807, 2.05) is 12.1 Å². The van der Waals surface area contributed by atoms with Crippen LogP contribution in [0.2, 0.25) is 0 Å². The van der Waals surface area contributed by atoms with E-state index in [9.17, 15) is 0 Å². The molecule has 25 heavy (non-hydrogen) atoms. The number of halogens is 1. The first-order valence-electron chi connectivity index (χ1n) is 8.12. The Morgan fingerprint density at radius 2 is 1.88 bits per heavy atom. The zero-order chi connectivity index (χ0) is 17.6. The molecule has 4 nitrogen and oxygen atoms in total. The number of thioether (sulfide) groups is 1. The second kappa shape index (κ2) is 8.54. The van der Waals surface area contributed by atoms with Crippen LogP contribution in [0.3, 0.4) is 0 Å². The quantitative estimate of drug-likeness (QED) is 0.509. The van der Waals surface area contributed by atoms with Crippen LogP contribution in [0.25, 0.3) is 0 Å². The molecule has 1 aromatic heterocycles. The van der Waals surface area contributed by atoms with Gasteiger partial charge in [-0.2, -0.15) is 0 Å². The zero-order valence-electron chi connectivity index (χ0n) is 14.3. The largest absolute Gasteiger partial charge is 0.496 e. The average Bonchev–Trinajstić information content (AvgIpc) is 3.02. The second-order valence-electron chi connectivity index (χ2n) is 5.56. The van der Waals surface area contributed by atoms with Gasteiger partial charge in [0.25, 0.3) is 0 Å². The predicted molar refractivity (Wildman–Crippen MR) is 105 cm³/mol. The minimum absolute atomic E-state index is 0.802. The highest BCUT2D eigenvalue weighted by Gasteiger charge is 2.12. The van der Waals surface area contributed by atoms with Crippen molar-refractivity contribution in [2.45, 2.75) is 30.8 Å². The monoisotopic (exact) mass is 417 g/mol. The van der Waals surface area contributed by atoms with Crippen LogP contribution in [0.5, 0.6) is 5.75 Å². The molecule has 0 radical (unpaired) electrons. The molecule has 0 unspecified atom stereocenters. The van der Waals surface area contributed by atoms with Crippen molar-refractivity contribution in [2.24, 2.45) is 0 Å². The Balaban J connectivity index is 1.71. The highest BCUT2D eigenvalue weighted by Crippen LogP contribution is 2.29. The third-order valence-corrected chi connectivity index (χ3v) is 5.56. The van der Waals surface area contributed by atoms with Gasteiger partial charge in [-0.25, -0.2) is 0 Å². The maximum absolute atomic E-state index is 5.28. The lowest BCUT2D eigenvalue weighted by Gasteiger charge is -2.08. The molecule has 3 aromatic rings. The summed E-state index contributed by atoms with van der Waals surface area (Å²) in [7, 11) is 1.67. The van der Waals surface area contributed by atoms with Crippen LogP contribution in [0.4, 0.5) is 0 Å². The Morgan fingerprint density at radius 1 is 1.08 bits per heavy atom. The van der Waals surface area contributed by atoms with Crippen LogP contribution in [-0.2, 0) is 18.7 Å². The number of ether oxygens (including phenoxy) is 1. The average molecular weight is 418 g/mol. The van der Waals surface area contributed by atoms with Gasteiger partial charge in [0, 0.05) is 18.7 Å². The summed E-state index contributed by atoms with van der Waals surface area (Å²) >= 11 is 5.24. The van der Waals surface area contributed by atoms with Crippen molar-refractivity contribution in [2.75, 3.05) is 7.11 Å². The molecule has 0 fully saturated rings. The smallest absolute Gasteiger partial charge is 0.191 e. The number of nitrogens with zero attached hydrogens (tertiary/aromatic N) is 3. The van der Waals surface area contributed by atoms with Crippen molar-refractivity contribution in [3.8, 4) is 5.75 Å². The van der Waals surface area contributed by atoms with Crippen LogP contribution in [0.15, 0.2) is 58.2 Å². The summed E-state index contributed by atoms with van der Waals surface area (Å²) in [6, 6.07) is 16.5. The number of rotatable bonds is 7. The van der Waals surface area contributed by atoms with E-state index in [1.54, 1.807) is 18.9 Å². The minimum atomic E-state index is 0.802. The van der Waals surface area contributed by atoms with Gasteiger partial charge in [-0.3, -0.25) is 0 Å². The van der Waals surface area contributed by atoms with Crippen LogP contribution < -0.4 is 4.74 Å². The normalized spacial score (nSPS) is 10.8. The van der Waals surface area contributed by atoms with Crippen molar-refractivity contribution >= 4 is 27.7 Å². The molecule has 0 saturated heterocycles. The summed E-state index contributed by atoms with van der Waals surface area (Å²) in [5.41, 5.74) is 2.47. The van der Waals surface area contributed by atoms with Crippen molar-refractivity contribution in [3.63, 3.8) is 0 Å². The first-order chi connectivity index (χ1) is 12.2. The number of hydrogen-bond acceptors (Lipinski definition) is 4. The number of hydrogen-bond donors (Lipinski definition) is 0. The van der Waals surface area contributed by atoms with Gasteiger partial charge in [-0.15, -0.1) is 10.2 Å². The molecule has 0 amide bonds. The lowest BCUT2D eigenvalue weighted by atomic mass is 10.1. The fourth-order valence-corrected chi connectivity index (χ4v) is 4.15. The fraction of sp³-hybridized carbons (Fsp3) is 0.263. The molecule has 0 aliphatic carbocycles. The predicted octanol–water partition coefficient (Wildman–Crippen LogP) is 4.95. The van der Waals surface area contributed by atoms with E-state index in [-0.39, 0.29) is 0 Å². The molecule has 0 spiro atoms. The van der Waals surface area contributed by atoms with E-state index in [0.717, 1.165) is 39.9 Å². The van der Waals surface area contributed by atoms with Crippen molar-refractivity contribution in [1.82, 2.24) is 14.8 Å². The SMILES string of the molecule is CCn1c(Cc2ccccc2)nnc1SCc1ccc(OC)c(Br)c1. The molecule has 0 N–H and O–H groups in total. The van der Waals surface area contributed by atoms with Gasteiger partial charge in [0.05, 0.1) is 11.6 Å². The van der Waals surface area contributed by atoms with Crippen molar-refractivity contribution in [1.29, 1.82) is 0 Å². The van der Waals surface area contributed by atoms with Gasteiger partial charge in [0.2, 0.25) is 0 Å². The van der Waals surface area contributed by atoms with E-state index in [4.69, 9.17) is 4.74 Å². The lowest BCUT2D eigenvalue weighted by Crippen LogP contribution is -2.04. The molecule has 6 heteroatoms. The van der Waals surface area contributed by atoms with Crippen molar-refractivity contribution < 1.29 is 4.74 Å². The molecule has 0 bridgehead atoms. The number of aromatic nitrogens is 3. The molecule has 2 aromatic carbocycles. The Bertz CT molecular complexity index is 836. The van der Waals surface area contributed by atoms with E-state index < -0.39 is 0 Å². The Kier molecular flexibility index (Phi) is 6.15. The molecule has 3 rings (SSSR count). The summed E-state index contributed by atoms with van der Waals surface area (Å²) < 4.78 is 8.44.